The first-order valence-corrected chi connectivity index (χ1v) is 5.75. The van der Waals surface area contributed by atoms with Gasteiger partial charge in [-0.2, -0.15) is 0 Å². The van der Waals surface area contributed by atoms with Crippen LogP contribution in [0, 0.1) is 0 Å². The normalized spacial score (nSPS) is 14.4. The SMILES string of the molecule is CCOC(=O)CN1CCc2ccccc2C1=O. The molecule has 1 amide bonds. The molecule has 1 aliphatic rings. The highest BCUT2D eigenvalue weighted by Gasteiger charge is 2.25. The molecule has 0 aromatic heterocycles. The van der Waals surface area contributed by atoms with Crippen molar-refractivity contribution in [2.24, 2.45) is 0 Å². The molecule has 0 aliphatic carbocycles. The Hall–Kier alpha value is -1.84. The summed E-state index contributed by atoms with van der Waals surface area (Å²) in [6.07, 6.45) is 0.793. The fraction of sp³-hybridized carbons (Fsp3) is 0.385. The molecule has 90 valence electrons. The molecule has 4 heteroatoms. The molecule has 2 rings (SSSR count). The summed E-state index contributed by atoms with van der Waals surface area (Å²) in [6.45, 7) is 2.72. The van der Waals surface area contributed by atoms with Gasteiger partial charge in [-0.15, -0.1) is 0 Å². The van der Waals surface area contributed by atoms with Crippen LogP contribution in [0.3, 0.4) is 0 Å². The predicted molar refractivity (Wildman–Crippen MR) is 62.7 cm³/mol. The summed E-state index contributed by atoms with van der Waals surface area (Å²) < 4.78 is 4.85. The van der Waals surface area contributed by atoms with E-state index in [1.54, 1.807) is 17.9 Å². The van der Waals surface area contributed by atoms with Gasteiger partial charge in [0.15, 0.2) is 0 Å². The maximum absolute atomic E-state index is 12.1. The quantitative estimate of drug-likeness (QED) is 0.738. The van der Waals surface area contributed by atoms with Crippen LogP contribution in [-0.4, -0.2) is 36.5 Å². The van der Waals surface area contributed by atoms with Crippen LogP contribution in [0.5, 0.6) is 0 Å². The Kier molecular flexibility index (Phi) is 3.42. The highest BCUT2D eigenvalue weighted by atomic mass is 16.5. The van der Waals surface area contributed by atoms with Gasteiger partial charge in [0, 0.05) is 12.1 Å². The molecule has 17 heavy (non-hydrogen) atoms. The molecule has 0 spiro atoms. The Balaban J connectivity index is 2.10. The molecule has 1 aromatic rings. The van der Waals surface area contributed by atoms with Crippen LogP contribution in [0.4, 0.5) is 0 Å². The molecule has 0 atom stereocenters. The van der Waals surface area contributed by atoms with Gasteiger partial charge in [0.25, 0.3) is 5.91 Å². The third-order valence-electron chi connectivity index (χ3n) is 2.81. The zero-order valence-electron chi connectivity index (χ0n) is 9.81. The lowest BCUT2D eigenvalue weighted by Crippen LogP contribution is -2.41. The number of fused-ring (bicyclic) bond motifs is 1. The number of nitrogens with zero attached hydrogens (tertiary/aromatic N) is 1. The monoisotopic (exact) mass is 233 g/mol. The van der Waals surface area contributed by atoms with Crippen LogP contribution in [0.2, 0.25) is 0 Å². The van der Waals surface area contributed by atoms with E-state index in [2.05, 4.69) is 0 Å². The number of hydrogen-bond donors (Lipinski definition) is 0. The molecule has 0 unspecified atom stereocenters. The van der Waals surface area contributed by atoms with Gasteiger partial charge >= 0.3 is 5.97 Å². The molecule has 0 saturated carbocycles. The van der Waals surface area contributed by atoms with Crippen LogP contribution in [0.15, 0.2) is 24.3 Å². The van der Waals surface area contributed by atoms with Gasteiger partial charge in [-0.25, -0.2) is 0 Å². The summed E-state index contributed by atoms with van der Waals surface area (Å²) >= 11 is 0. The number of amides is 1. The van der Waals surface area contributed by atoms with E-state index in [0.717, 1.165) is 12.0 Å². The Labute approximate surface area is 100 Å². The summed E-state index contributed by atoms with van der Waals surface area (Å²) in [4.78, 5) is 25.0. The highest BCUT2D eigenvalue weighted by molar-refractivity contribution is 5.98. The largest absolute Gasteiger partial charge is 0.465 e. The van der Waals surface area contributed by atoms with Crippen molar-refractivity contribution in [2.45, 2.75) is 13.3 Å². The summed E-state index contributed by atoms with van der Waals surface area (Å²) in [5, 5.41) is 0. The predicted octanol–water partition coefficient (Wildman–Crippen LogP) is 1.25. The second kappa shape index (κ2) is 4.99. The molecule has 4 nitrogen and oxygen atoms in total. The fourth-order valence-corrected chi connectivity index (χ4v) is 1.99. The van der Waals surface area contributed by atoms with Crippen LogP contribution in [0.25, 0.3) is 0 Å². The van der Waals surface area contributed by atoms with Crippen molar-refractivity contribution < 1.29 is 14.3 Å². The van der Waals surface area contributed by atoms with E-state index < -0.39 is 0 Å². The van der Waals surface area contributed by atoms with E-state index in [0.29, 0.717) is 18.7 Å². The lowest BCUT2D eigenvalue weighted by atomic mass is 9.99. The van der Waals surface area contributed by atoms with E-state index in [4.69, 9.17) is 4.74 Å². The van der Waals surface area contributed by atoms with Gasteiger partial charge in [0.05, 0.1) is 6.61 Å². The van der Waals surface area contributed by atoms with Crippen LogP contribution in [-0.2, 0) is 16.0 Å². The number of esters is 1. The summed E-state index contributed by atoms with van der Waals surface area (Å²) in [7, 11) is 0. The first-order chi connectivity index (χ1) is 8.22. The number of carbonyl (C=O) groups is 2. The summed E-state index contributed by atoms with van der Waals surface area (Å²) in [5.74, 6) is -0.430. The molecule has 0 bridgehead atoms. The van der Waals surface area contributed by atoms with E-state index >= 15 is 0 Å². The molecular weight excluding hydrogens is 218 g/mol. The second-order valence-electron chi connectivity index (χ2n) is 3.94. The van der Waals surface area contributed by atoms with Gasteiger partial charge in [0.1, 0.15) is 6.54 Å². The maximum atomic E-state index is 12.1. The summed E-state index contributed by atoms with van der Waals surface area (Å²) in [5.41, 5.74) is 1.75. The molecule has 0 fully saturated rings. The zero-order valence-corrected chi connectivity index (χ0v) is 9.81. The molecule has 0 N–H and O–H groups in total. The number of carbonyl (C=O) groups excluding carboxylic acids is 2. The van der Waals surface area contributed by atoms with Crippen molar-refractivity contribution in [3.05, 3.63) is 35.4 Å². The minimum atomic E-state index is -0.347. The minimum Gasteiger partial charge on any atom is -0.465 e. The van der Waals surface area contributed by atoms with Crippen LogP contribution >= 0.6 is 0 Å². The highest BCUT2D eigenvalue weighted by Crippen LogP contribution is 2.18. The van der Waals surface area contributed by atoms with Crippen molar-refractivity contribution >= 4 is 11.9 Å². The van der Waals surface area contributed by atoms with Gasteiger partial charge in [0.2, 0.25) is 0 Å². The van der Waals surface area contributed by atoms with Crippen LogP contribution < -0.4 is 0 Å². The average Bonchev–Trinajstić information content (AvgIpc) is 2.33. The molecule has 1 heterocycles. The average molecular weight is 233 g/mol. The van der Waals surface area contributed by atoms with Crippen molar-refractivity contribution in [1.82, 2.24) is 4.90 Å². The van der Waals surface area contributed by atoms with Crippen LogP contribution in [0.1, 0.15) is 22.8 Å². The van der Waals surface area contributed by atoms with Crippen molar-refractivity contribution in [1.29, 1.82) is 0 Å². The number of rotatable bonds is 3. The number of hydrogen-bond acceptors (Lipinski definition) is 3. The maximum Gasteiger partial charge on any atom is 0.325 e. The molecular formula is C13H15NO3. The van der Waals surface area contributed by atoms with Crippen molar-refractivity contribution in [3.63, 3.8) is 0 Å². The van der Waals surface area contributed by atoms with E-state index in [-0.39, 0.29) is 18.4 Å². The molecule has 1 aliphatic heterocycles. The standard InChI is InChI=1S/C13H15NO3/c1-2-17-12(15)9-14-8-7-10-5-3-4-6-11(10)13(14)16/h3-6H,2,7-9H2,1H3. The van der Waals surface area contributed by atoms with E-state index in [9.17, 15) is 9.59 Å². The Morgan fingerprint density at radius 1 is 1.41 bits per heavy atom. The lowest BCUT2D eigenvalue weighted by Gasteiger charge is -2.27. The van der Waals surface area contributed by atoms with Gasteiger partial charge < -0.3 is 9.64 Å². The number of ether oxygens (including phenoxy) is 1. The van der Waals surface area contributed by atoms with Crippen molar-refractivity contribution in [3.8, 4) is 0 Å². The summed E-state index contributed by atoms with van der Waals surface area (Å²) in [6, 6.07) is 7.52. The Bertz CT molecular complexity index is 442. The van der Waals surface area contributed by atoms with Gasteiger partial charge in [-0.1, -0.05) is 18.2 Å². The molecule has 1 aromatic carbocycles. The Morgan fingerprint density at radius 3 is 2.94 bits per heavy atom. The fourth-order valence-electron chi connectivity index (χ4n) is 1.99. The zero-order chi connectivity index (χ0) is 12.3. The second-order valence-corrected chi connectivity index (χ2v) is 3.94. The third kappa shape index (κ3) is 2.46. The number of benzene rings is 1. The molecule has 0 saturated heterocycles. The minimum absolute atomic E-state index is 0.0427. The first kappa shape index (κ1) is 11.6. The molecule has 0 radical (unpaired) electrons. The van der Waals surface area contributed by atoms with E-state index in [1.807, 2.05) is 18.2 Å². The third-order valence-corrected chi connectivity index (χ3v) is 2.81. The van der Waals surface area contributed by atoms with Crippen molar-refractivity contribution in [2.75, 3.05) is 19.7 Å². The van der Waals surface area contributed by atoms with Gasteiger partial charge in [-0.05, 0) is 25.0 Å². The Morgan fingerprint density at radius 2 is 2.18 bits per heavy atom. The topological polar surface area (TPSA) is 46.6 Å². The van der Waals surface area contributed by atoms with Gasteiger partial charge in [-0.3, -0.25) is 9.59 Å². The van der Waals surface area contributed by atoms with E-state index in [1.165, 1.54) is 0 Å². The lowest BCUT2D eigenvalue weighted by molar-refractivity contribution is -0.143. The first-order valence-electron chi connectivity index (χ1n) is 5.75. The smallest absolute Gasteiger partial charge is 0.325 e.